The molecule has 2 aliphatic heterocycles. The van der Waals surface area contributed by atoms with Gasteiger partial charge in [0, 0.05) is 61.5 Å². The molecule has 2 aliphatic rings. The van der Waals surface area contributed by atoms with E-state index in [1.165, 1.54) is 44.5 Å². The van der Waals surface area contributed by atoms with Crippen molar-refractivity contribution < 1.29 is 11.0 Å². The molecule has 0 bridgehead atoms. The minimum Gasteiger partial charge on any atom is -0.310 e. The van der Waals surface area contributed by atoms with Crippen LogP contribution in [0, 0.1) is 13.8 Å². The largest absolute Gasteiger partial charge is 0.310 e. The monoisotopic (exact) mass is 1280 g/mol. The van der Waals surface area contributed by atoms with Gasteiger partial charge in [0.2, 0.25) is 0 Å². The highest BCUT2D eigenvalue weighted by molar-refractivity contribution is 7.00. The van der Waals surface area contributed by atoms with Crippen LogP contribution >= 0.6 is 0 Å². The van der Waals surface area contributed by atoms with E-state index < -0.39 is 30.9 Å². The molecule has 0 radical (unpaired) electrons. The summed E-state index contributed by atoms with van der Waals surface area (Å²) in [6, 6.07) is 71.1. The zero-order valence-corrected chi connectivity index (χ0v) is 60.0. The topological polar surface area (TPSA) is 11.4 Å². The number of aromatic nitrogens is 1. The lowest BCUT2D eigenvalue weighted by molar-refractivity contribution is 0.589. The smallest absolute Gasteiger partial charge is 0.252 e. The summed E-state index contributed by atoms with van der Waals surface area (Å²) < 4.78 is 76.8. The number of anilines is 6. The average molecular weight is 1280 g/mol. The Kier molecular flexibility index (Phi) is 13.2. The zero-order chi connectivity index (χ0) is 75.7. The van der Waals surface area contributed by atoms with E-state index in [1.54, 1.807) is 4.57 Å². The second kappa shape index (κ2) is 23.4. The van der Waals surface area contributed by atoms with E-state index in [1.807, 2.05) is 6.07 Å². The van der Waals surface area contributed by atoms with E-state index in [9.17, 15) is 8.22 Å². The van der Waals surface area contributed by atoms with Gasteiger partial charge in [-0.25, -0.2) is 0 Å². The Morgan fingerprint density at radius 1 is 0.316 bits per heavy atom. The highest BCUT2D eigenvalue weighted by Gasteiger charge is 2.45. The van der Waals surface area contributed by atoms with Crippen LogP contribution in [0.25, 0.3) is 83.1 Å². The van der Waals surface area contributed by atoms with Gasteiger partial charge in [-0.2, -0.15) is 0 Å². The molecule has 0 saturated heterocycles. The minimum atomic E-state index is -0.491. The number of para-hydroxylation sites is 4. The summed E-state index contributed by atoms with van der Waals surface area (Å²) in [7, 11) is 0. The summed E-state index contributed by atoms with van der Waals surface area (Å²) in [6.45, 7) is 37.9. The third kappa shape index (κ3) is 11.0. The molecule has 0 spiro atoms. The number of hydrogen-bond donors (Lipinski definition) is 0. The van der Waals surface area contributed by atoms with Crippen molar-refractivity contribution in [2.45, 2.75) is 145 Å². The van der Waals surface area contributed by atoms with Crippen molar-refractivity contribution >= 4 is 79.0 Å². The Hall–Kier alpha value is -9.90. The summed E-state index contributed by atoms with van der Waals surface area (Å²) in [5.41, 5.74) is 27.8. The first-order chi connectivity index (χ1) is 49.9. The molecule has 0 N–H and O–H groups in total. The summed E-state index contributed by atoms with van der Waals surface area (Å²) in [4.78, 5) is 5.00. The van der Waals surface area contributed by atoms with Crippen LogP contribution in [-0.2, 0) is 27.1 Å². The maximum absolute atomic E-state index is 9.78. The van der Waals surface area contributed by atoms with Crippen molar-refractivity contribution in [1.29, 1.82) is 0 Å². The summed E-state index contributed by atoms with van der Waals surface area (Å²) >= 11 is 0. The van der Waals surface area contributed by atoms with Crippen molar-refractivity contribution in [1.82, 2.24) is 4.57 Å². The van der Waals surface area contributed by atoms with Gasteiger partial charge in [0.15, 0.2) is 0 Å². The van der Waals surface area contributed by atoms with Crippen LogP contribution < -0.4 is 26.2 Å². The van der Waals surface area contributed by atoms with Crippen molar-refractivity contribution in [2.24, 2.45) is 0 Å². The molecule has 0 aliphatic carbocycles. The highest BCUT2D eigenvalue weighted by atomic mass is 15.2. The lowest BCUT2D eigenvalue weighted by Gasteiger charge is -2.45. The fourth-order valence-electron chi connectivity index (χ4n) is 15.3. The van der Waals surface area contributed by atoms with E-state index in [4.69, 9.17) is 2.74 Å². The Bertz CT molecular complexity index is 5530. The third-order valence-corrected chi connectivity index (χ3v) is 20.7. The van der Waals surface area contributed by atoms with Crippen LogP contribution in [0.4, 0.5) is 34.1 Å². The van der Waals surface area contributed by atoms with Gasteiger partial charge >= 0.3 is 0 Å². The van der Waals surface area contributed by atoms with E-state index >= 15 is 0 Å². The van der Waals surface area contributed by atoms with Gasteiger partial charge in [0.1, 0.15) is 0 Å². The van der Waals surface area contributed by atoms with Gasteiger partial charge in [-0.1, -0.05) is 310 Å². The lowest BCUT2D eigenvalue weighted by Crippen LogP contribution is -2.61. The molecular weight excluding hydrogens is 1180 g/mol. The molecule has 0 amide bonds. The van der Waals surface area contributed by atoms with Gasteiger partial charge in [-0.15, -0.1) is 0 Å². The van der Waals surface area contributed by atoms with Gasteiger partial charge in [0.25, 0.3) is 6.71 Å². The van der Waals surface area contributed by atoms with Crippen LogP contribution in [-0.4, -0.2) is 11.3 Å². The number of aryl methyl sites for hydroxylation is 2. The van der Waals surface area contributed by atoms with Crippen LogP contribution in [0.1, 0.15) is 154 Å². The van der Waals surface area contributed by atoms with E-state index in [0.29, 0.717) is 5.69 Å². The van der Waals surface area contributed by atoms with E-state index in [2.05, 4.69) is 322 Å². The van der Waals surface area contributed by atoms with Crippen molar-refractivity contribution in [3.63, 3.8) is 0 Å². The predicted molar refractivity (Wildman–Crippen MR) is 425 cm³/mol. The van der Waals surface area contributed by atoms with Gasteiger partial charge < -0.3 is 14.4 Å². The molecule has 4 heteroatoms. The standard InChI is InChI=1S/C94H92BN3/c1-59-55-70(94(15,16)17)56-60(2)86(59)65-43-53-78-84(57-65)97(88-72(61-35-44-66(45-36-61)90(3,4)5)27-22-28-73(88)62-37-46-67(47-38-62)91(6,7)8)82-33-24-34-83-87(82)95(78)79-54-52-71(96-80-31-20-18-25-76(80)77-26-19-21-32-81(77)96)58-85(79)98(83)89-74(63-39-48-68(49-40-63)92(9,10)11)29-23-30-75(89)64-41-50-69(51-42-64)93(12,13)14/h18-58H,1-17H3/i18D,19D,20D,21D,25D,26D,31D,32D. The number of hydrogen-bond acceptors (Lipinski definition) is 2. The number of rotatable bonds is 8. The van der Waals surface area contributed by atoms with Crippen LogP contribution in [0.3, 0.4) is 0 Å². The lowest BCUT2D eigenvalue weighted by atomic mass is 9.33. The SMILES string of the molecule is [2H]c1c([2H])c([2H])c2c(c1[2H])c1c([2H])c([2H])c([2H])c([2H])c1n2-c1ccc2c(c1)N(c1c(-c3ccc(C(C)(C)C)cc3)cccc1-c1ccc(C(C)(C)C)cc1)c1cccc3c1B2c1ccc(-c2c(C)cc(C(C)(C)C)cc2C)cc1N3c1c(-c2ccc(C(C)(C)C)cc2)cccc1-c1ccc(C(C)(C)C)cc1. The molecule has 12 aromatic carbocycles. The maximum Gasteiger partial charge on any atom is 0.252 e. The molecule has 0 saturated carbocycles. The Morgan fingerprint density at radius 3 is 1.01 bits per heavy atom. The predicted octanol–water partition coefficient (Wildman–Crippen LogP) is 24.3. The van der Waals surface area contributed by atoms with Gasteiger partial charge in [-0.05, 0) is 172 Å². The molecule has 0 atom stereocenters. The van der Waals surface area contributed by atoms with Crippen molar-refractivity contribution in [3.8, 4) is 61.3 Å². The quantitative estimate of drug-likeness (QED) is 0.141. The number of fused-ring (bicyclic) bond motifs is 7. The number of benzene rings is 12. The molecule has 3 heterocycles. The molecule has 0 unspecified atom stereocenters. The van der Waals surface area contributed by atoms with Crippen molar-refractivity contribution in [3.05, 3.63) is 287 Å². The molecule has 3 nitrogen and oxygen atoms in total. The molecule has 1 aromatic heterocycles. The molecular formula is C94H92BN3. The minimum absolute atomic E-state index is 0.0215. The second-order valence-electron chi connectivity index (χ2n) is 32.6. The van der Waals surface area contributed by atoms with Gasteiger partial charge in [-0.3, -0.25) is 0 Å². The average Bonchev–Trinajstić information content (AvgIpc) is 1.01. The summed E-state index contributed by atoms with van der Waals surface area (Å²) in [6.07, 6.45) is 0. The Morgan fingerprint density at radius 2 is 0.643 bits per heavy atom. The highest BCUT2D eigenvalue weighted by Crippen LogP contribution is 2.54. The van der Waals surface area contributed by atoms with Crippen LogP contribution in [0.2, 0.25) is 0 Å². The molecule has 15 rings (SSSR count). The molecule has 98 heavy (non-hydrogen) atoms. The fourth-order valence-corrected chi connectivity index (χ4v) is 15.3. The molecule has 13 aromatic rings. The van der Waals surface area contributed by atoms with Crippen molar-refractivity contribution in [2.75, 3.05) is 9.80 Å². The van der Waals surface area contributed by atoms with Gasteiger partial charge in [0.05, 0.1) is 33.4 Å². The normalized spacial score (nSPS) is 14.4. The van der Waals surface area contributed by atoms with Crippen LogP contribution in [0.15, 0.2) is 249 Å². The zero-order valence-electron chi connectivity index (χ0n) is 68.0. The Labute approximate surface area is 594 Å². The number of nitrogens with zero attached hydrogens (tertiary/aromatic N) is 3. The first-order valence-electron chi connectivity index (χ1n) is 38.8. The maximum atomic E-state index is 9.78. The summed E-state index contributed by atoms with van der Waals surface area (Å²) in [5, 5.41) is 0.0429. The van der Waals surface area contributed by atoms with Crippen LogP contribution in [0.5, 0.6) is 0 Å². The first-order valence-corrected chi connectivity index (χ1v) is 34.8. The third-order valence-electron chi connectivity index (χ3n) is 20.7. The second-order valence-corrected chi connectivity index (χ2v) is 32.6. The first kappa shape index (κ1) is 55.1. The van der Waals surface area contributed by atoms with E-state index in [0.717, 1.165) is 101 Å². The Balaban J connectivity index is 1.11. The van der Waals surface area contributed by atoms with E-state index in [-0.39, 0.29) is 73.1 Å². The molecule has 0 fully saturated rings. The molecule has 486 valence electrons. The fraction of sp³-hybridized carbons (Fsp3) is 0.234. The summed E-state index contributed by atoms with van der Waals surface area (Å²) in [5.74, 6) is 0.